The Morgan fingerprint density at radius 3 is 2.66 bits per heavy atom. The van der Waals surface area contributed by atoms with Gasteiger partial charge < -0.3 is 10.2 Å². The average molecular weight is 442 g/mol. The van der Waals surface area contributed by atoms with Gasteiger partial charge in [-0.25, -0.2) is 4.79 Å². The number of halogens is 3. The number of nitriles is 1. The van der Waals surface area contributed by atoms with Crippen molar-refractivity contribution < 1.29 is 22.8 Å². The van der Waals surface area contributed by atoms with Crippen LogP contribution in [-0.2, 0) is 11.0 Å². The third-order valence-electron chi connectivity index (χ3n) is 5.32. The van der Waals surface area contributed by atoms with Gasteiger partial charge in [0.25, 0.3) is 5.91 Å². The molecule has 2 aliphatic heterocycles. The normalized spacial score (nSPS) is 19.8. The first kappa shape index (κ1) is 22.9. The highest BCUT2D eigenvalue weighted by Gasteiger charge is 2.41. The SMILES string of the molecule is C=C(/C=C\C(C#N)=C/C)[C@H]1NC(=O)N(c2cccc(C(F)(F)F)c2)C2=C1C(=O)N(C)CC2. The van der Waals surface area contributed by atoms with E-state index < -0.39 is 23.8 Å². The molecule has 2 heterocycles. The number of rotatable bonds is 4. The van der Waals surface area contributed by atoms with Crippen LogP contribution >= 0.6 is 0 Å². The van der Waals surface area contributed by atoms with Crippen LogP contribution in [-0.4, -0.2) is 36.5 Å². The average Bonchev–Trinajstić information content (AvgIpc) is 2.75. The molecule has 1 N–H and O–H groups in total. The Kier molecular flexibility index (Phi) is 6.25. The molecule has 1 atom stereocenters. The molecule has 6 nitrogen and oxygen atoms in total. The molecule has 9 heteroatoms. The van der Waals surface area contributed by atoms with E-state index in [0.29, 0.717) is 23.4 Å². The van der Waals surface area contributed by atoms with Crippen LogP contribution in [0.3, 0.4) is 0 Å². The van der Waals surface area contributed by atoms with Gasteiger partial charge in [0.2, 0.25) is 0 Å². The Labute approximate surface area is 183 Å². The number of hydrogen-bond acceptors (Lipinski definition) is 3. The highest BCUT2D eigenvalue weighted by atomic mass is 19.4. The van der Waals surface area contributed by atoms with E-state index in [0.717, 1.165) is 17.0 Å². The van der Waals surface area contributed by atoms with Crippen molar-refractivity contribution in [3.63, 3.8) is 0 Å². The molecular weight excluding hydrogens is 421 g/mol. The number of allylic oxidation sites excluding steroid dienone is 3. The van der Waals surface area contributed by atoms with E-state index in [1.165, 1.54) is 29.2 Å². The maximum Gasteiger partial charge on any atom is 0.416 e. The van der Waals surface area contributed by atoms with Crippen LogP contribution in [0.4, 0.5) is 23.7 Å². The van der Waals surface area contributed by atoms with Crippen LogP contribution < -0.4 is 10.2 Å². The lowest BCUT2D eigenvalue weighted by Crippen LogP contribution is -2.56. The van der Waals surface area contributed by atoms with Crippen molar-refractivity contribution in [2.45, 2.75) is 25.6 Å². The molecule has 166 valence electrons. The van der Waals surface area contributed by atoms with Gasteiger partial charge in [-0.1, -0.05) is 24.8 Å². The van der Waals surface area contributed by atoms with Crippen molar-refractivity contribution >= 4 is 17.6 Å². The predicted molar refractivity (Wildman–Crippen MR) is 113 cm³/mol. The molecule has 2 aliphatic rings. The summed E-state index contributed by atoms with van der Waals surface area (Å²) < 4.78 is 39.6. The van der Waals surface area contributed by atoms with Gasteiger partial charge in [-0.05, 0) is 36.8 Å². The summed E-state index contributed by atoms with van der Waals surface area (Å²) in [7, 11) is 1.61. The number of benzene rings is 1. The molecular formula is C23H21F3N4O2. The van der Waals surface area contributed by atoms with Gasteiger partial charge in [0.15, 0.2) is 0 Å². The Hall–Kier alpha value is -3.80. The zero-order valence-electron chi connectivity index (χ0n) is 17.5. The fourth-order valence-electron chi connectivity index (χ4n) is 3.61. The molecule has 0 aliphatic carbocycles. The van der Waals surface area contributed by atoms with Gasteiger partial charge in [-0.15, -0.1) is 0 Å². The fraction of sp³-hybridized carbons (Fsp3) is 0.261. The second-order valence-electron chi connectivity index (χ2n) is 7.37. The number of alkyl halides is 3. The maximum atomic E-state index is 13.2. The quantitative estimate of drug-likeness (QED) is 0.558. The molecule has 0 unspecified atom stereocenters. The first-order valence-corrected chi connectivity index (χ1v) is 9.78. The van der Waals surface area contributed by atoms with E-state index in [9.17, 15) is 22.8 Å². The zero-order chi connectivity index (χ0) is 23.6. The van der Waals surface area contributed by atoms with Crippen LogP contribution in [0.15, 0.2) is 71.5 Å². The maximum absolute atomic E-state index is 13.2. The fourth-order valence-corrected chi connectivity index (χ4v) is 3.61. The summed E-state index contributed by atoms with van der Waals surface area (Å²) in [6, 6.07) is 4.88. The standard InChI is InChI=1S/C23H21F3N4O2/c1-4-15(13-27)9-8-14(2)20-19-18(10-11-29(3)21(19)31)30(22(32)28-20)17-7-5-6-16(12-17)23(24,25)26/h4-9,12,20H,2,10-11H2,1,3H3,(H,28,32)/b9-8-,15-4+/t20-/m1/s1. The highest BCUT2D eigenvalue weighted by molar-refractivity contribution is 6.06. The van der Waals surface area contributed by atoms with E-state index in [4.69, 9.17) is 5.26 Å². The van der Waals surface area contributed by atoms with Crippen LogP contribution in [0.25, 0.3) is 0 Å². The van der Waals surface area contributed by atoms with E-state index in [-0.39, 0.29) is 23.6 Å². The van der Waals surface area contributed by atoms with Crippen molar-refractivity contribution in [2.24, 2.45) is 0 Å². The lowest BCUT2D eigenvalue weighted by molar-refractivity contribution is -0.137. The number of carbonyl (C=O) groups excluding carboxylic acids is 2. The third-order valence-corrected chi connectivity index (χ3v) is 5.32. The number of anilines is 1. The molecule has 1 aromatic carbocycles. The molecule has 0 spiro atoms. The Morgan fingerprint density at radius 1 is 1.31 bits per heavy atom. The first-order valence-electron chi connectivity index (χ1n) is 9.78. The van der Waals surface area contributed by atoms with Crippen LogP contribution in [0.5, 0.6) is 0 Å². The summed E-state index contributed by atoms with van der Waals surface area (Å²) >= 11 is 0. The Balaban J connectivity index is 2.10. The number of likely N-dealkylation sites (N-methyl/N-ethyl adjacent to an activating group) is 1. The topological polar surface area (TPSA) is 76.4 Å². The van der Waals surface area contributed by atoms with Crippen LogP contribution in [0.2, 0.25) is 0 Å². The van der Waals surface area contributed by atoms with Crippen molar-refractivity contribution in [1.29, 1.82) is 5.26 Å². The van der Waals surface area contributed by atoms with Crippen LogP contribution in [0, 0.1) is 11.3 Å². The monoisotopic (exact) mass is 442 g/mol. The lowest BCUT2D eigenvalue weighted by atomic mass is 9.90. The van der Waals surface area contributed by atoms with Gasteiger partial charge >= 0.3 is 12.2 Å². The lowest BCUT2D eigenvalue weighted by Gasteiger charge is -2.41. The molecule has 0 aromatic heterocycles. The molecule has 3 amide bonds. The van der Waals surface area contributed by atoms with Crippen molar-refractivity contribution in [2.75, 3.05) is 18.5 Å². The van der Waals surface area contributed by atoms with Gasteiger partial charge in [0.1, 0.15) is 0 Å². The largest absolute Gasteiger partial charge is 0.416 e. The second kappa shape index (κ2) is 8.75. The molecule has 0 saturated carbocycles. The number of urea groups is 1. The van der Waals surface area contributed by atoms with E-state index in [1.807, 2.05) is 6.07 Å². The third kappa shape index (κ3) is 4.30. The minimum atomic E-state index is -4.57. The van der Waals surface area contributed by atoms with Gasteiger partial charge in [0, 0.05) is 31.3 Å². The van der Waals surface area contributed by atoms with E-state index >= 15 is 0 Å². The molecule has 1 aromatic rings. The van der Waals surface area contributed by atoms with Crippen molar-refractivity contribution in [3.8, 4) is 6.07 Å². The minimum absolute atomic E-state index is 0.0162. The zero-order valence-corrected chi connectivity index (χ0v) is 17.5. The summed E-state index contributed by atoms with van der Waals surface area (Å²) in [6.07, 6.45) is 0.367. The van der Waals surface area contributed by atoms with E-state index in [1.54, 1.807) is 20.0 Å². The first-order chi connectivity index (χ1) is 15.1. The number of nitrogens with one attached hydrogen (secondary N) is 1. The molecule has 0 saturated heterocycles. The second-order valence-corrected chi connectivity index (χ2v) is 7.37. The number of carbonyl (C=O) groups is 2. The molecule has 0 fully saturated rings. The summed E-state index contributed by atoms with van der Waals surface area (Å²) in [6.45, 7) is 5.95. The Morgan fingerprint density at radius 2 is 2.03 bits per heavy atom. The predicted octanol–water partition coefficient (Wildman–Crippen LogP) is 4.30. The smallest absolute Gasteiger partial charge is 0.341 e. The summed E-state index contributed by atoms with van der Waals surface area (Å²) in [5.41, 5.74) is 0.441. The van der Waals surface area contributed by atoms with Crippen molar-refractivity contribution in [1.82, 2.24) is 10.2 Å². The van der Waals surface area contributed by atoms with Gasteiger partial charge in [0.05, 0.1) is 28.9 Å². The number of amides is 3. The van der Waals surface area contributed by atoms with Gasteiger partial charge in [-0.3, -0.25) is 9.69 Å². The number of nitrogens with zero attached hydrogens (tertiary/aromatic N) is 3. The van der Waals surface area contributed by atoms with E-state index in [2.05, 4.69) is 11.9 Å². The summed E-state index contributed by atoms with van der Waals surface area (Å²) in [4.78, 5) is 28.6. The van der Waals surface area contributed by atoms with Crippen LogP contribution in [0.1, 0.15) is 18.9 Å². The Bertz CT molecular complexity index is 1110. The molecule has 0 bridgehead atoms. The molecule has 0 radical (unpaired) electrons. The highest BCUT2D eigenvalue weighted by Crippen LogP contribution is 2.37. The summed E-state index contributed by atoms with van der Waals surface area (Å²) in [5.74, 6) is -0.352. The minimum Gasteiger partial charge on any atom is -0.341 e. The van der Waals surface area contributed by atoms with Crippen molar-refractivity contribution in [3.05, 3.63) is 77.1 Å². The number of hydrogen-bond donors (Lipinski definition) is 1. The molecule has 3 rings (SSSR count). The van der Waals surface area contributed by atoms with Gasteiger partial charge in [-0.2, -0.15) is 18.4 Å². The molecule has 32 heavy (non-hydrogen) atoms. The summed E-state index contributed by atoms with van der Waals surface area (Å²) in [5, 5.41) is 11.8.